The van der Waals surface area contributed by atoms with E-state index >= 15 is 0 Å². The summed E-state index contributed by atoms with van der Waals surface area (Å²) in [7, 11) is 0. The van der Waals surface area contributed by atoms with E-state index in [1.807, 2.05) is 54.7 Å². The number of rotatable bonds is 8. The van der Waals surface area contributed by atoms with Crippen LogP contribution in [-0.2, 0) is 19.1 Å². The first-order valence-corrected chi connectivity index (χ1v) is 10.7. The molecule has 0 amide bonds. The topological polar surface area (TPSA) is 52.6 Å². The van der Waals surface area contributed by atoms with Crippen LogP contribution >= 0.6 is 11.8 Å². The van der Waals surface area contributed by atoms with E-state index in [2.05, 4.69) is 20.8 Å². The van der Waals surface area contributed by atoms with Crippen molar-refractivity contribution in [1.29, 1.82) is 0 Å². The molecule has 0 aliphatic heterocycles. The number of carbonyl (C=O) groups excluding carboxylic acids is 2. The Morgan fingerprint density at radius 1 is 0.885 bits per heavy atom. The van der Waals surface area contributed by atoms with Crippen molar-refractivity contribution in [2.75, 3.05) is 18.6 Å². The van der Waals surface area contributed by atoms with Gasteiger partial charge in [0.25, 0.3) is 0 Å². The smallest absolute Gasteiger partial charge is 0.312 e. The minimum atomic E-state index is -0.619. The van der Waals surface area contributed by atoms with Crippen LogP contribution in [-0.4, -0.2) is 36.7 Å². The van der Waals surface area contributed by atoms with E-state index in [0.29, 0.717) is 5.75 Å². The highest BCUT2D eigenvalue weighted by molar-refractivity contribution is 7.98. The van der Waals surface area contributed by atoms with E-state index in [4.69, 9.17) is 9.47 Å². The van der Waals surface area contributed by atoms with Gasteiger partial charge in [-0.1, -0.05) is 41.5 Å². The van der Waals surface area contributed by atoms with Crippen molar-refractivity contribution in [2.24, 2.45) is 21.7 Å². The minimum Gasteiger partial charge on any atom is -0.461 e. The molecule has 0 saturated heterocycles. The first kappa shape index (κ1) is 25.3. The molecule has 0 aromatic rings. The molecule has 0 aliphatic carbocycles. The highest BCUT2D eigenvalue weighted by atomic mass is 32.2. The Hall–Kier alpha value is -0.710. The molecule has 5 heteroatoms. The van der Waals surface area contributed by atoms with Crippen LogP contribution in [0, 0.1) is 21.7 Å². The summed E-state index contributed by atoms with van der Waals surface area (Å²) >= 11 is 1.57. The van der Waals surface area contributed by atoms with Gasteiger partial charge in [-0.25, -0.2) is 0 Å². The summed E-state index contributed by atoms with van der Waals surface area (Å²) in [6.45, 7) is 20.1. The second-order valence-corrected chi connectivity index (χ2v) is 11.5. The maximum Gasteiger partial charge on any atom is 0.312 e. The van der Waals surface area contributed by atoms with Gasteiger partial charge in [0.2, 0.25) is 0 Å². The second-order valence-electron chi connectivity index (χ2n) is 10.6. The Morgan fingerprint density at radius 3 is 1.77 bits per heavy atom. The van der Waals surface area contributed by atoms with Crippen molar-refractivity contribution in [1.82, 2.24) is 0 Å². The van der Waals surface area contributed by atoms with Crippen LogP contribution in [0.25, 0.3) is 0 Å². The van der Waals surface area contributed by atoms with Crippen molar-refractivity contribution in [3.63, 3.8) is 0 Å². The monoisotopic (exact) mass is 388 g/mol. The summed E-state index contributed by atoms with van der Waals surface area (Å²) in [6.07, 6.45) is 2.24. The molecule has 0 aromatic heterocycles. The molecule has 0 heterocycles. The van der Waals surface area contributed by atoms with Gasteiger partial charge in [0.1, 0.15) is 12.7 Å². The Labute approximate surface area is 165 Å². The third-order valence-corrected chi connectivity index (χ3v) is 5.64. The van der Waals surface area contributed by atoms with Crippen LogP contribution < -0.4 is 0 Å². The molecule has 0 fully saturated rings. The summed E-state index contributed by atoms with van der Waals surface area (Å²) < 4.78 is 11.2. The summed E-state index contributed by atoms with van der Waals surface area (Å²) in [4.78, 5) is 25.2. The lowest BCUT2D eigenvalue weighted by Gasteiger charge is -2.36. The van der Waals surface area contributed by atoms with Crippen LogP contribution in [0.3, 0.4) is 0 Å². The lowest BCUT2D eigenvalue weighted by molar-refractivity contribution is -0.172. The molecule has 0 N–H and O–H groups in total. The maximum atomic E-state index is 12.7. The highest BCUT2D eigenvalue weighted by Gasteiger charge is 2.42. The summed E-state index contributed by atoms with van der Waals surface area (Å²) in [6, 6.07) is 0. The fourth-order valence-corrected chi connectivity index (χ4v) is 3.20. The van der Waals surface area contributed by atoms with E-state index in [1.165, 1.54) is 0 Å². The fourth-order valence-electron chi connectivity index (χ4n) is 2.67. The van der Waals surface area contributed by atoms with Crippen LogP contribution in [0.4, 0.5) is 0 Å². The zero-order valence-electron chi connectivity index (χ0n) is 18.7. The predicted octanol–water partition coefficient (Wildman–Crippen LogP) is 5.34. The molecule has 26 heavy (non-hydrogen) atoms. The van der Waals surface area contributed by atoms with Gasteiger partial charge >= 0.3 is 11.9 Å². The second kappa shape index (κ2) is 8.99. The Balaban J connectivity index is 4.96. The molecule has 154 valence electrons. The average molecular weight is 389 g/mol. The number of carbonyl (C=O) groups is 2. The zero-order valence-corrected chi connectivity index (χ0v) is 19.6. The molecule has 1 unspecified atom stereocenters. The van der Waals surface area contributed by atoms with Gasteiger partial charge in [-0.15, -0.1) is 0 Å². The Bertz CT molecular complexity index is 481. The molecule has 0 spiro atoms. The van der Waals surface area contributed by atoms with Crippen molar-refractivity contribution in [3.8, 4) is 0 Å². The van der Waals surface area contributed by atoms with E-state index in [9.17, 15) is 9.59 Å². The van der Waals surface area contributed by atoms with Gasteiger partial charge in [0, 0.05) is 5.75 Å². The van der Waals surface area contributed by atoms with E-state index in [1.54, 1.807) is 11.8 Å². The molecule has 0 aromatic carbocycles. The summed E-state index contributed by atoms with van der Waals surface area (Å²) in [5.41, 5.74) is -1.39. The Kier molecular flexibility index (Phi) is 8.74. The predicted molar refractivity (Wildman–Crippen MR) is 110 cm³/mol. The SMILES string of the molecule is CSCC(COC(=O)C(C)(C)C(C)(C)C)OC(=O)C(C)(C)CC(C)(C)C. The molecule has 0 saturated carbocycles. The third-order valence-electron chi connectivity index (χ3n) is 4.94. The molecule has 0 radical (unpaired) electrons. The van der Waals surface area contributed by atoms with Crippen molar-refractivity contribution in [3.05, 3.63) is 0 Å². The van der Waals surface area contributed by atoms with Crippen molar-refractivity contribution < 1.29 is 19.1 Å². The normalized spacial score (nSPS) is 14.7. The first-order valence-electron chi connectivity index (χ1n) is 9.31. The molecular weight excluding hydrogens is 348 g/mol. The largest absolute Gasteiger partial charge is 0.461 e. The van der Waals surface area contributed by atoms with Crippen molar-refractivity contribution in [2.45, 2.75) is 81.8 Å². The minimum absolute atomic E-state index is 0.0285. The quantitative estimate of drug-likeness (QED) is 0.525. The molecule has 0 rings (SSSR count). The maximum absolute atomic E-state index is 12.7. The van der Waals surface area contributed by atoms with Gasteiger partial charge in [-0.2, -0.15) is 11.8 Å². The number of esters is 2. The first-order chi connectivity index (χ1) is 11.4. The third kappa shape index (κ3) is 7.89. The lowest BCUT2D eigenvalue weighted by atomic mass is 9.69. The van der Waals surface area contributed by atoms with Gasteiger partial charge in [0.15, 0.2) is 0 Å². The molecule has 4 nitrogen and oxygen atoms in total. The van der Waals surface area contributed by atoms with Gasteiger partial charge in [-0.05, 0) is 51.2 Å². The van der Waals surface area contributed by atoms with Gasteiger partial charge < -0.3 is 9.47 Å². The zero-order chi connectivity index (χ0) is 21.0. The van der Waals surface area contributed by atoms with E-state index < -0.39 is 16.9 Å². The van der Waals surface area contributed by atoms with Gasteiger partial charge in [-0.3, -0.25) is 9.59 Å². The highest BCUT2D eigenvalue weighted by Crippen LogP contribution is 2.39. The van der Waals surface area contributed by atoms with E-state index in [0.717, 1.165) is 6.42 Å². The number of hydrogen-bond acceptors (Lipinski definition) is 5. The number of thioether (sulfide) groups is 1. The standard InChI is InChI=1S/C21H40O4S/c1-18(2,3)14-20(7,8)16(22)25-15(13-26-11)12-24-17(23)21(9,10)19(4,5)6/h15H,12-14H2,1-11H3. The van der Waals surface area contributed by atoms with Crippen LogP contribution in [0.1, 0.15) is 75.7 Å². The molecule has 0 bridgehead atoms. The fraction of sp³-hybridized carbons (Fsp3) is 0.905. The molecular formula is C21H40O4S. The Morgan fingerprint density at radius 2 is 1.38 bits per heavy atom. The number of ether oxygens (including phenoxy) is 2. The summed E-state index contributed by atoms with van der Waals surface area (Å²) in [5.74, 6) is 0.0966. The van der Waals surface area contributed by atoms with Crippen molar-refractivity contribution >= 4 is 23.7 Å². The van der Waals surface area contributed by atoms with Gasteiger partial charge in [0.05, 0.1) is 10.8 Å². The average Bonchev–Trinajstić information content (AvgIpc) is 2.40. The van der Waals surface area contributed by atoms with E-state index in [-0.39, 0.29) is 29.4 Å². The van der Waals surface area contributed by atoms with Crippen LogP contribution in [0.2, 0.25) is 0 Å². The molecule has 1 atom stereocenters. The summed E-state index contributed by atoms with van der Waals surface area (Å²) in [5, 5.41) is 0. The van der Waals surface area contributed by atoms with Crippen LogP contribution in [0.5, 0.6) is 0 Å². The molecule has 0 aliphatic rings. The van der Waals surface area contributed by atoms with Crippen LogP contribution in [0.15, 0.2) is 0 Å². The lowest BCUT2D eigenvalue weighted by Crippen LogP contribution is -2.41. The number of hydrogen-bond donors (Lipinski definition) is 0.